The monoisotopic (exact) mass is 291 g/mol. The Kier molecular flexibility index (Phi) is 4.50. The Morgan fingerprint density at radius 2 is 2.32 bits per heavy atom. The second-order valence-electron chi connectivity index (χ2n) is 4.19. The van der Waals surface area contributed by atoms with E-state index < -0.39 is 30.4 Å². The first-order chi connectivity index (χ1) is 9.06. The van der Waals surface area contributed by atoms with Gasteiger partial charge in [-0.2, -0.15) is 0 Å². The SMILES string of the molecule is CN=C1NC2C(OC(COC(=O)NC)C(O)C2O)S1. The highest BCUT2D eigenvalue weighted by atomic mass is 32.2. The van der Waals surface area contributed by atoms with Crippen LogP contribution in [-0.4, -0.2) is 72.0 Å². The maximum atomic E-state index is 11.0. The number of carbonyl (C=O) groups is 1. The number of carbonyl (C=O) groups excluding carboxylic acids is 1. The largest absolute Gasteiger partial charge is 0.447 e. The third kappa shape index (κ3) is 2.94. The molecule has 0 aliphatic carbocycles. The fourth-order valence-corrected chi connectivity index (χ4v) is 3.06. The van der Waals surface area contributed by atoms with Gasteiger partial charge in [0, 0.05) is 14.1 Å². The second-order valence-corrected chi connectivity index (χ2v) is 5.28. The number of amidine groups is 1. The van der Waals surface area contributed by atoms with Crippen molar-refractivity contribution >= 4 is 23.0 Å². The Balaban J connectivity index is 1.98. The first-order valence-corrected chi connectivity index (χ1v) is 6.71. The molecule has 1 amide bonds. The fourth-order valence-electron chi connectivity index (χ4n) is 1.96. The third-order valence-electron chi connectivity index (χ3n) is 3.00. The highest BCUT2D eigenvalue weighted by Gasteiger charge is 2.49. The van der Waals surface area contributed by atoms with Crippen LogP contribution in [0.25, 0.3) is 0 Å². The van der Waals surface area contributed by atoms with Crippen LogP contribution in [0.15, 0.2) is 4.99 Å². The van der Waals surface area contributed by atoms with E-state index in [1.165, 1.54) is 18.8 Å². The summed E-state index contributed by atoms with van der Waals surface area (Å²) >= 11 is 1.33. The van der Waals surface area contributed by atoms with E-state index in [-0.39, 0.29) is 12.0 Å². The molecule has 0 aromatic rings. The van der Waals surface area contributed by atoms with Gasteiger partial charge in [0.2, 0.25) is 0 Å². The highest BCUT2D eigenvalue weighted by Crippen LogP contribution is 2.33. The van der Waals surface area contributed by atoms with Crippen molar-refractivity contribution in [3.63, 3.8) is 0 Å². The summed E-state index contributed by atoms with van der Waals surface area (Å²) in [6, 6.07) is -0.421. The van der Waals surface area contributed by atoms with Gasteiger partial charge in [-0.25, -0.2) is 4.79 Å². The van der Waals surface area contributed by atoms with Crippen LogP contribution < -0.4 is 10.6 Å². The van der Waals surface area contributed by atoms with Gasteiger partial charge in [-0.3, -0.25) is 4.99 Å². The maximum absolute atomic E-state index is 11.0. The fraction of sp³-hybridized carbons (Fsp3) is 0.800. The van der Waals surface area contributed by atoms with Crippen molar-refractivity contribution in [2.75, 3.05) is 20.7 Å². The van der Waals surface area contributed by atoms with E-state index in [1.807, 2.05) is 0 Å². The Morgan fingerprint density at radius 3 is 2.95 bits per heavy atom. The average molecular weight is 291 g/mol. The minimum absolute atomic E-state index is 0.125. The molecule has 4 N–H and O–H groups in total. The maximum Gasteiger partial charge on any atom is 0.406 e. The number of hydrogen-bond acceptors (Lipinski definition) is 7. The highest BCUT2D eigenvalue weighted by molar-refractivity contribution is 8.14. The van der Waals surface area contributed by atoms with Crippen molar-refractivity contribution in [3.8, 4) is 0 Å². The zero-order valence-corrected chi connectivity index (χ0v) is 11.4. The summed E-state index contributed by atoms with van der Waals surface area (Å²) in [6.07, 6.45) is -3.52. The third-order valence-corrected chi connectivity index (χ3v) is 4.17. The number of hydrogen-bond donors (Lipinski definition) is 4. The summed E-state index contributed by atoms with van der Waals surface area (Å²) in [7, 11) is 3.06. The van der Waals surface area contributed by atoms with Crippen LogP contribution >= 0.6 is 11.8 Å². The molecule has 9 heteroatoms. The average Bonchev–Trinajstić information content (AvgIpc) is 2.84. The standard InChI is InChI=1S/C10H17N3O5S/c1-11-9-13-5-7(15)6(14)4(18-8(5)19-9)3-17-10(16)12-2/h4-8,14-15H,3H2,1-2H3,(H,11,13)(H,12,16). The van der Waals surface area contributed by atoms with E-state index in [4.69, 9.17) is 9.47 Å². The van der Waals surface area contributed by atoms with E-state index in [9.17, 15) is 15.0 Å². The lowest BCUT2D eigenvalue weighted by atomic mass is 9.98. The lowest BCUT2D eigenvalue weighted by Crippen LogP contribution is -2.60. The van der Waals surface area contributed by atoms with Crippen molar-refractivity contribution in [2.24, 2.45) is 4.99 Å². The number of aliphatic imine (C=N–C) groups is 1. The number of thioether (sulfide) groups is 1. The van der Waals surface area contributed by atoms with Crippen LogP contribution in [0.4, 0.5) is 4.79 Å². The lowest BCUT2D eigenvalue weighted by Gasteiger charge is -2.38. The van der Waals surface area contributed by atoms with Gasteiger partial charge < -0.3 is 30.3 Å². The molecule has 19 heavy (non-hydrogen) atoms. The van der Waals surface area contributed by atoms with Crippen LogP contribution in [0.3, 0.4) is 0 Å². The molecule has 2 heterocycles. The summed E-state index contributed by atoms with van der Waals surface area (Å²) in [5.74, 6) is 0. The Bertz CT molecular complexity index is 380. The molecule has 2 saturated heterocycles. The molecule has 0 aromatic carbocycles. The van der Waals surface area contributed by atoms with E-state index in [0.717, 1.165) is 0 Å². The zero-order chi connectivity index (χ0) is 14.0. The summed E-state index contributed by atoms with van der Waals surface area (Å²) in [5.41, 5.74) is -0.365. The molecule has 2 rings (SSSR count). The number of alkyl carbamates (subject to hydrolysis) is 1. The summed E-state index contributed by atoms with van der Waals surface area (Å²) in [4.78, 5) is 15.0. The van der Waals surface area contributed by atoms with E-state index in [2.05, 4.69) is 15.6 Å². The molecule has 5 unspecified atom stereocenters. The van der Waals surface area contributed by atoms with Crippen molar-refractivity contribution in [2.45, 2.75) is 29.8 Å². The molecular weight excluding hydrogens is 274 g/mol. The van der Waals surface area contributed by atoms with Crippen LogP contribution in [0.1, 0.15) is 0 Å². The molecule has 0 spiro atoms. The van der Waals surface area contributed by atoms with E-state index in [1.54, 1.807) is 7.05 Å². The molecule has 0 saturated carbocycles. The second kappa shape index (κ2) is 5.95. The number of nitrogens with one attached hydrogen (secondary N) is 2. The minimum Gasteiger partial charge on any atom is -0.447 e. The summed E-state index contributed by atoms with van der Waals surface area (Å²) in [5, 5.41) is 25.9. The van der Waals surface area contributed by atoms with Gasteiger partial charge in [-0.1, -0.05) is 11.8 Å². The van der Waals surface area contributed by atoms with Crippen molar-refractivity contribution in [1.82, 2.24) is 10.6 Å². The van der Waals surface area contributed by atoms with Crippen LogP contribution in [0.2, 0.25) is 0 Å². The predicted octanol–water partition coefficient (Wildman–Crippen LogP) is -1.52. The predicted molar refractivity (Wildman–Crippen MR) is 69.0 cm³/mol. The van der Waals surface area contributed by atoms with Gasteiger partial charge in [0.25, 0.3) is 0 Å². The quantitative estimate of drug-likeness (QED) is 0.489. The van der Waals surface area contributed by atoms with Crippen molar-refractivity contribution in [1.29, 1.82) is 0 Å². The molecule has 0 aromatic heterocycles. The topological polar surface area (TPSA) is 112 Å². The molecule has 2 aliphatic rings. The normalized spacial score (nSPS) is 39.6. The first-order valence-electron chi connectivity index (χ1n) is 5.83. The Hall–Kier alpha value is -1.03. The molecule has 2 aliphatic heterocycles. The Morgan fingerprint density at radius 1 is 1.58 bits per heavy atom. The molecule has 5 atom stereocenters. The molecular formula is C10H17N3O5S. The number of aliphatic hydroxyl groups excluding tert-OH is 2. The van der Waals surface area contributed by atoms with Crippen LogP contribution in [-0.2, 0) is 9.47 Å². The number of aliphatic hydroxyl groups is 2. The number of rotatable bonds is 2. The molecule has 0 radical (unpaired) electrons. The van der Waals surface area contributed by atoms with Crippen LogP contribution in [0, 0.1) is 0 Å². The van der Waals surface area contributed by atoms with Gasteiger partial charge in [-0.15, -0.1) is 0 Å². The lowest BCUT2D eigenvalue weighted by molar-refractivity contribution is -0.167. The Labute approximate surface area is 114 Å². The zero-order valence-electron chi connectivity index (χ0n) is 10.6. The number of fused-ring (bicyclic) bond motifs is 1. The molecule has 2 fully saturated rings. The van der Waals surface area contributed by atoms with Gasteiger partial charge in [0.1, 0.15) is 30.4 Å². The first kappa shape index (κ1) is 14.4. The van der Waals surface area contributed by atoms with Crippen LogP contribution in [0.5, 0.6) is 0 Å². The molecule has 8 nitrogen and oxygen atoms in total. The van der Waals surface area contributed by atoms with E-state index >= 15 is 0 Å². The minimum atomic E-state index is -1.13. The smallest absolute Gasteiger partial charge is 0.406 e. The van der Waals surface area contributed by atoms with Gasteiger partial charge in [0.05, 0.1) is 6.04 Å². The number of ether oxygens (including phenoxy) is 2. The van der Waals surface area contributed by atoms with Gasteiger partial charge in [0.15, 0.2) is 5.17 Å². The summed E-state index contributed by atoms with van der Waals surface area (Å²) < 4.78 is 10.5. The summed E-state index contributed by atoms with van der Waals surface area (Å²) in [6.45, 7) is -0.125. The van der Waals surface area contributed by atoms with E-state index in [0.29, 0.717) is 5.17 Å². The van der Waals surface area contributed by atoms with Crippen molar-refractivity contribution < 1.29 is 24.5 Å². The molecule has 108 valence electrons. The number of amides is 1. The van der Waals surface area contributed by atoms with Gasteiger partial charge >= 0.3 is 6.09 Å². The van der Waals surface area contributed by atoms with Crippen molar-refractivity contribution in [3.05, 3.63) is 0 Å². The van der Waals surface area contributed by atoms with Gasteiger partial charge in [-0.05, 0) is 0 Å². The number of nitrogens with zero attached hydrogens (tertiary/aromatic N) is 1. The molecule has 0 bridgehead atoms.